The highest BCUT2D eigenvalue weighted by Gasteiger charge is 2.30. The summed E-state index contributed by atoms with van der Waals surface area (Å²) in [4.78, 5) is 12.7. The largest absolute Gasteiger partial charge is 0.416 e. The number of allylic oxidation sites excluding steroid dienone is 1. The zero-order valence-electron chi connectivity index (χ0n) is 18.7. The van der Waals surface area contributed by atoms with Crippen molar-refractivity contribution in [1.29, 1.82) is 0 Å². The molecule has 0 aliphatic rings. The van der Waals surface area contributed by atoms with E-state index in [0.717, 1.165) is 42.5 Å². The molecule has 11 heteroatoms. The van der Waals surface area contributed by atoms with Gasteiger partial charge in [-0.3, -0.25) is 9.89 Å². The fourth-order valence-electron chi connectivity index (χ4n) is 3.09. The molecule has 0 spiro atoms. The summed E-state index contributed by atoms with van der Waals surface area (Å²) in [5.74, 6) is -1.56. The van der Waals surface area contributed by atoms with Gasteiger partial charge in [0.15, 0.2) is 11.6 Å². The number of alkyl halides is 3. The number of aromatic amines is 1. The van der Waals surface area contributed by atoms with Crippen molar-refractivity contribution in [1.82, 2.24) is 15.5 Å². The first-order valence-electron chi connectivity index (χ1n) is 10.7. The average molecular weight is 494 g/mol. The minimum atomic E-state index is -4.51. The maximum atomic E-state index is 13.5. The summed E-state index contributed by atoms with van der Waals surface area (Å²) in [5.41, 5.74) is -0.232. The number of ether oxygens (including phenoxy) is 1. The van der Waals surface area contributed by atoms with Crippen LogP contribution in [0, 0.1) is 11.6 Å². The molecule has 0 amide bonds. The Labute approximate surface area is 198 Å². The van der Waals surface area contributed by atoms with Crippen LogP contribution in [0.5, 0.6) is 0 Å². The fourth-order valence-corrected chi connectivity index (χ4v) is 3.09. The molecule has 0 radical (unpaired) electrons. The minimum absolute atomic E-state index is 0.0615. The van der Waals surface area contributed by atoms with Crippen LogP contribution in [0.4, 0.5) is 27.8 Å². The van der Waals surface area contributed by atoms with Gasteiger partial charge in [0, 0.05) is 49.1 Å². The van der Waals surface area contributed by atoms with Crippen LogP contribution in [0.15, 0.2) is 60.4 Å². The number of halogens is 5. The van der Waals surface area contributed by atoms with Gasteiger partial charge in [-0.25, -0.2) is 8.78 Å². The molecular formula is C24H23F5N4O2. The van der Waals surface area contributed by atoms with Crippen LogP contribution in [0.1, 0.15) is 29.3 Å². The van der Waals surface area contributed by atoms with Crippen molar-refractivity contribution in [3.8, 4) is 11.3 Å². The normalized spacial score (nSPS) is 12.0. The molecule has 3 rings (SSSR count). The van der Waals surface area contributed by atoms with Crippen LogP contribution >= 0.6 is 0 Å². The van der Waals surface area contributed by atoms with Crippen LogP contribution in [-0.2, 0) is 10.9 Å². The van der Waals surface area contributed by atoms with Crippen molar-refractivity contribution in [2.45, 2.75) is 19.5 Å². The second kappa shape index (κ2) is 11.6. The molecule has 0 unspecified atom stereocenters. The first-order chi connectivity index (χ1) is 16.7. The molecule has 0 saturated carbocycles. The monoisotopic (exact) mass is 494 g/mol. The third-order valence-corrected chi connectivity index (χ3v) is 4.77. The first kappa shape index (κ1) is 25.9. The maximum absolute atomic E-state index is 13.5. The summed E-state index contributed by atoms with van der Waals surface area (Å²) in [6, 6.07) is 8.38. The number of nitrogens with zero attached hydrogens (tertiary/aromatic N) is 1. The Kier molecular flexibility index (Phi) is 8.58. The van der Waals surface area contributed by atoms with Gasteiger partial charge in [-0.2, -0.15) is 18.3 Å². The van der Waals surface area contributed by atoms with Crippen molar-refractivity contribution in [2.75, 3.05) is 25.1 Å². The van der Waals surface area contributed by atoms with Gasteiger partial charge in [0.2, 0.25) is 0 Å². The molecule has 186 valence electrons. The van der Waals surface area contributed by atoms with Crippen LogP contribution < -0.4 is 10.6 Å². The number of carbonyl (C=O) groups excluding carboxylic acids is 1. The number of nitrogens with one attached hydrogen (secondary N) is 3. The van der Waals surface area contributed by atoms with Crippen molar-refractivity contribution >= 4 is 11.6 Å². The van der Waals surface area contributed by atoms with Gasteiger partial charge in [0.1, 0.15) is 17.5 Å². The van der Waals surface area contributed by atoms with Crippen molar-refractivity contribution < 1.29 is 31.5 Å². The molecule has 0 saturated heterocycles. The maximum Gasteiger partial charge on any atom is 0.416 e. The van der Waals surface area contributed by atoms with Crippen molar-refractivity contribution in [2.24, 2.45) is 0 Å². The van der Waals surface area contributed by atoms with E-state index in [4.69, 9.17) is 4.74 Å². The summed E-state index contributed by atoms with van der Waals surface area (Å²) in [6.07, 6.45) is -2.69. The summed E-state index contributed by atoms with van der Waals surface area (Å²) in [6.45, 7) is 3.33. The Morgan fingerprint density at radius 3 is 2.40 bits per heavy atom. The molecule has 3 N–H and O–H groups in total. The van der Waals surface area contributed by atoms with E-state index in [1.165, 1.54) is 12.1 Å². The predicted molar refractivity (Wildman–Crippen MR) is 121 cm³/mol. The molecule has 0 atom stereocenters. The van der Waals surface area contributed by atoms with E-state index in [1.807, 2.05) is 6.92 Å². The molecule has 3 aromatic rings. The van der Waals surface area contributed by atoms with E-state index in [9.17, 15) is 26.7 Å². The quantitative estimate of drug-likeness (QED) is 0.142. The molecule has 0 aliphatic heterocycles. The Morgan fingerprint density at radius 1 is 1.09 bits per heavy atom. The Hall–Kier alpha value is -3.73. The zero-order chi connectivity index (χ0) is 25.4. The number of aromatic nitrogens is 2. The summed E-state index contributed by atoms with van der Waals surface area (Å²) in [5, 5.41) is 12.6. The molecule has 0 fully saturated rings. The highest BCUT2D eigenvalue weighted by molar-refractivity contribution is 6.05. The second-order valence-electron chi connectivity index (χ2n) is 7.42. The number of carbonyl (C=O) groups is 1. The third kappa shape index (κ3) is 7.64. The number of H-pyrrole nitrogens is 1. The van der Waals surface area contributed by atoms with Gasteiger partial charge >= 0.3 is 6.18 Å². The van der Waals surface area contributed by atoms with E-state index in [1.54, 1.807) is 0 Å². The molecule has 1 heterocycles. The van der Waals surface area contributed by atoms with E-state index < -0.39 is 29.2 Å². The topological polar surface area (TPSA) is 79.0 Å². The average Bonchev–Trinajstić information content (AvgIpc) is 3.26. The van der Waals surface area contributed by atoms with E-state index in [-0.39, 0.29) is 22.8 Å². The summed E-state index contributed by atoms with van der Waals surface area (Å²) < 4.78 is 70.7. The number of rotatable bonds is 11. The van der Waals surface area contributed by atoms with Gasteiger partial charge in [-0.1, -0.05) is 12.1 Å². The molecule has 0 aliphatic carbocycles. The number of benzene rings is 2. The van der Waals surface area contributed by atoms with Crippen LogP contribution in [0.2, 0.25) is 0 Å². The summed E-state index contributed by atoms with van der Waals surface area (Å²) in [7, 11) is 0. The number of ketones is 1. The highest BCUT2D eigenvalue weighted by atomic mass is 19.4. The van der Waals surface area contributed by atoms with Gasteiger partial charge < -0.3 is 15.4 Å². The molecule has 0 bridgehead atoms. The molecule has 2 aromatic carbocycles. The third-order valence-electron chi connectivity index (χ3n) is 4.77. The minimum Gasteiger partial charge on any atom is -0.382 e. The number of hydrogen-bond donors (Lipinski definition) is 3. The lowest BCUT2D eigenvalue weighted by Gasteiger charge is -2.12. The predicted octanol–water partition coefficient (Wildman–Crippen LogP) is 5.53. The smallest absolute Gasteiger partial charge is 0.382 e. The lowest BCUT2D eigenvalue weighted by Crippen LogP contribution is -2.23. The van der Waals surface area contributed by atoms with Crippen LogP contribution in [0.3, 0.4) is 0 Å². The molecule has 6 nitrogen and oxygen atoms in total. The van der Waals surface area contributed by atoms with E-state index in [0.29, 0.717) is 31.9 Å². The Bertz CT molecular complexity index is 1150. The SMILES string of the molecule is CCOCCCN/C(=C/C(=O)c1ccc(C(F)(F)F)cc1)Nc1cc(-c2cc(F)cc(F)c2)[nH]n1. The van der Waals surface area contributed by atoms with Gasteiger partial charge in [0.25, 0.3) is 0 Å². The Balaban J connectivity index is 1.78. The molecular weight excluding hydrogens is 471 g/mol. The van der Waals surface area contributed by atoms with Crippen LogP contribution in [0.25, 0.3) is 11.3 Å². The highest BCUT2D eigenvalue weighted by Crippen LogP contribution is 2.29. The zero-order valence-corrected chi connectivity index (χ0v) is 18.7. The number of anilines is 1. The molecule has 35 heavy (non-hydrogen) atoms. The van der Waals surface area contributed by atoms with Gasteiger partial charge in [-0.05, 0) is 37.6 Å². The lowest BCUT2D eigenvalue weighted by atomic mass is 10.1. The van der Waals surface area contributed by atoms with E-state index in [2.05, 4.69) is 20.8 Å². The van der Waals surface area contributed by atoms with E-state index >= 15 is 0 Å². The van der Waals surface area contributed by atoms with Crippen molar-refractivity contribution in [3.63, 3.8) is 0 Å². The second-order valence-corrected chi connectivity index (χ2v) is 7.42. The van der Waals surface area contributed by atoms with Gasteiger partial charge in [-0.15, -0.1) is 0 Å². The Morgan fingerprint density at radius 2 is 1.77 bits per heavy atom. The first-order valence-corrected chi connectivity index (χ1v) is 10.7. The van der Waals surface area contributed by atoms with Crippen molar-refractivity contribution in [3.05, 3.63) is 83.2 Å². The lowest BCUT2D eigenvalue weighted by molar-refractivity contribution is -0.137. The summed E-state index contributed by atoms with van der Waals surface area (Å²) >= 11 is 0. The standard InChI is InChI=1S/C24H23F5N4O2/c1-2-35-9-3-8-30-22(14-21(34)15-4-6-17(7-5-15)24(27,28)29)31-23-13-20(32-33-23)16-10-18(25)12-19(26)11-16/h4-7,10-14,30H,2-3,8-9H2,1H3,(H2,31,32,33)/b22-14-. The van der Waals surface area contributed by atoms with Crippen LogP contribution in [-0.4, -0.2) is 35.7 Å². The fraction of sp³-hybridized carbons (Fsp3) is 0.250. The number of hydrogen-bond acceptors (Lipinski definition) is 5. The van der Waals surface area contributed by atoms with Gasteiger partial charge in [0.05, 0.1) is 11.3 Å². The molecule has 1 aromatic heterocycles.